The number of rotatable bonds is 4. The summed E-state index contributed by atoms with van der Waals surface area (Å²) in [6.07, 6.45) is 0.468. The first-order valence-electron chi connectivity index (χ1n) is 5.39. The van der Waals surface area contributed by atoms with Gasteiger partial charge in [0.25, 0.3) is 0 Å². The monoisotopic (exact) mass is 240 g/mol. The first-order chi connectivity index (χ1) is 7.52. The van der Waals surface area contributed by atoms with Crippen LogP contribution in [0, 0.1) is 0 Å². The molecule has 88 valence electrons. The van der Waals surface area contributed by atoms with Gasteiger partial charge in [0, 0.05) is 18.2 Å². The Morgan fingerprint density at radius 2 is 2.12 bits per heavy atom. The van der Waals surface area contributed by atoms with E-state index in [-0.39, 0.29) is 5.91 Å². The van der Waals surface area contributed by atoms with E-state index in [9.17, 15) is 4.79 Å². The zero-order valence-electron chi connectivity index (χ0n) is 9.80. The Morgan fingerprint density at radius 1 is 1.44 bits per heavy atom. The number of carbonyl (C=O) groups excluding carboxylic acids is 1. The first-order valence-corrected chi connectivity index (χ1v) is 5.76. The molecule has 0 bridgehead atoms. The molecule has 0 aliphatic carbocycles. The van der Waals surface area contributed by atoms with Crippen LogP contribution >= 0.6 is 11.6 Å². The van der Waals surface area contributed by atoms with Crippen molar-refractivity contribution in [2.75, 3.05) is 10.6 Å². The first kappa shape index (κ1) is 12.8. The lowest BCUT2D eigenvalue weighted by molar-refractivity contribution is -0.115. The zero-order chi connectivity index (χ0) is 12.1. The summed E-state index contributed by atoms with van der Waals surface area (Å²) in [4.78, 5) is 11.2. The molecule has 0 aliphatic heterocycles. The zero-order valence-corrected chi connectivity index (χ0v) is 10.6. The van der Waals surface area contributed by atoms with Gasteiger partial charge in [-0.25, -0.2) is 0 Å². The van der Waals surface area contributed by atoms with E-state index in [0.717, 1.165) is 11.4 Å². The Balaban J connectivity index is 2.84. The van der Waals surface area contributed by atoms with Gasteiger partial charge in [0.05, 0.1) is 10.7 Å². The largest absolute Gasteiger partial charge is 0.382 e. The molecule has 1 amide bonds. The van der Waals surface area contributed by atoms with Gasteiger partial charge in [0.2, 0.25) is 5.91 Å². The maximum atomic E-state index is 11.2. The number of hydrogen-bond acceptors (Lipinski definition) is 2. The molecule has 2 N–H and O–H groups in total. The molecule has 0 spiro atoms. The van der Waals surface area contributed by atoms with Crippen LogP contribution in [0.15, 0.2) is 18.2 Å². The van der Waals surface area contributed by atoms with Crippen molar-refractivity contribution in [3.05, 3.63) is 23.2 Å². The lowest BCUT2D eigenvalue weighted by Crippen LogP contribution is -2.12. The normalized spacial score (nSPS) is 10.3. The molecule has 0 saturated carbocycles. The quantitative estimate of drug-likeness (QED) is 0.846. The minimum atomic E-state index is -0.00202. The summed E-state index contributed by atoms with van der Waals surface area (Å²) in [6.45, 7) is 5.89. The molecule has 0 aliphatic rings. The predicted octanol–water partition coefficient (Wildman–Crippen LogP) is 3.51. The summed E-state index contributed by atoms with van der Waals surface area (Å²) in [5, 5.41) is 6.67. The molecule has 0 radical (unpaired) electrons. The Morgan fingerprint density at radius 3 is 2.69 bits per heavy atom. The highest BCUT2D eigenvalue weighted by Crippen LogP contribution is 2.26. The Kier molecular flexibility index (Phi) is 4.62. The van der Waals surface area contributed by atoms with Crippen molar-refractivity contribution in [1.29, 1.82) is 0 Å². The van der Waals surface area contributed by atoms with Crippen molar-refractivity contribution in [1.82, 2.24) is 0 Å². The second kappa shape index (κ2) is 5.75. The molecule has 0 unspecified atom stereocenters. The lowest BCUT2D eigenvalue weighted by atomic mass is 10.2. The van der Waals surface area contributed by atoms with Gasteiger partial charge >= 0.3 is 0 Å². The molecule has 0 heterocycles. The van der Waals surface area contributed by atoms with Crippen LogP contribution in [0.3, 0.4) is 0 Å². The molecule has 1 rings (SSSR count). The van der Waals surface area contributed by atoms with Crippen LogP contribution in [0.4, 0.5) is 11.4 Å². The van der Waals surface area contributed by atoms with Gasteiger partial charge in [-0.05, 0) is 32.0 Å². The summed E-state index contributed by atoms with van der Waals surface area (Å²) >= 11 is 6.04. The van der Waals surface area contributed by atoms with Crippen LogP contribution in [0.25, 0.3) is 0 Å². The van der Waals surface area contributed by atoms with Gasteiger partial charge in [-0.2, -0.15) is 0 Å². The number of benzene rings is 1. The highest BCUT2D eigenvalue weighted by molar-refractivity contribution is 6.33. The molecule has 0 saturated heterocycles. The predicted molar refractivity (Wildman–Crippen MR) is 69.1 cm³/mol. The van der Waals surface area contributed by atoms with Crippen molar-refractivity contribution in [3.63, 3.8) is 0 Å². The van der Waals surface area contributed by atoms with Crippen molar-refractivity contribution in [2.24, 2.45) is 0 Å². The summed E-state index contributed by atoms with van der Waals surface area (Å²) in [5.74, 6) is -0.00202. The minimum Gasteiger partial charge on any atom is -0.382 e. The Labute approximate surface area is 101 Å². The fourth-order valence-corrected chi connectivity index (χ4v) is 1.45. The van der Waals surface area contributed by atoms with Gasteiger partial charge < -0.3 is 10.6 Å². The van der Waals surface area contributed by atoms with Crippen molar-refractivity contribution >= 4 is 28.9 Å². The van der Waals surface area contributed by atoms with E-state index in [1.54, 1.807) is 12.1 Å². The molecular weight excluding hydrogens is 224 g/mol. The molecular formula is C12H17ClN2O. The van der Waals surface area contributed by atoms with Gasteiger partial charge in [0.15, 0.2) is 0 Å². The van der Waals surface area contributed by atoms with E-state index in [1.807, 2.05) is 26.8 Å². The second-order valence-electron chi connectivity index (χ2n) is 3.90. The molecule has 4 heteroatoms. The van der Waals surface area contributed by atoms with Crippen molar-refractivity contribution < 1.29 is 4.79 Å². The van der Waals surface area contributed by atoms with Crippen LogP contribution in [0.5, 0.6) is 0 Å². The summed E-state index contributed by atoms with van der Waals surface area (Å²) in [5.41, 5.74) is 1.60. The highest BCUT2D eigenvalue weighted by Gasteiger charge is 2.05. The molecule has 0 atom stereocenters. The van der Waals surface area contributed by atoms with E-state index in [2.05, 4.69) is 10.6 Å². The molecule has 0 aromatic heterocycles. The third kappa shape index (κ3) is 3.74. The number of amides is 1. The number of anilines is 2. The topological polar surface area (TPSA) is 41.1 Å². The smallest absolute Gasteiger partial charge is 0.224 e. The molecule has 0 fully saturated rings. The highest BCUT2D eigenvalue weighted by atomic mass is 35.5. The van der Waals surface area contributed by atoms with Crippen LogP contribution in [-0.4, -0.2) is 11.9 Å². The Hall–Kier alpha value is -1.22. The second-order valence-corrected chi connectivity index (χ2v) is 4.30. The average Bonchev–Trinajstić information content (AvgIpc) is 2.22. The van der Waals surface area contributed by atoms with Gasteiger partial charge in [-0.15, -0.1) is 0 Å². The number of hydrogen-bond donors (Lipinski definition) is 2. The lowest BCUT2D eigenvalue weighted by Gasteiger charge is -2.13. The standard InChI is InChI=1S/C12H17ClN2O/c1-4-12(16)15-9-5-6-10(13)11(7-9)14-8(2)3/h5-8,14H,4H2,1-3H3,(H,15,16). The van der Waals surface area contributed by atoms with E-state index >= 15 is 0 Å². The maximum Gasteiger partial charge on any atom is 0.224 e. The number of nitrogens with one attached hydrogen (secondary N) is 2. The maximum absolute atomic E-state index is 11.2. The van der Waals surface area contributed by atoms with E-state index in [1.165, 1.54) is 0 Å². The van der Waals surface area contributed by atoms with Crippen LogP contribution in [0.1, 0.15) is 27.2 Å². The van der Waals surface area contributed by atoms with Crippen molar-refractivity contribution in [2.45, 2.75) is 33.2 Å². The third-order valence-corrected chi connectivity index (χ3v) is 2.34. The van der Waals surface area contributed by atoms with Gasteiger partial charge in [-0.1, -0.05) is 18.5 Å². The van der Waals surface area contributed by atoms with Crippen LogP contribution in [-0.2, 0) is 4.79 Å². The van der Waals surface area contributed by atoms with E-state index in [0.29, 0.717) is 17.5 Å². The third-order valence-electron chi connectivity index (χ3n) is 2.02. The molecule has 16 heavy (non-hydrogen) atoms. The van der Waals surface area contributed by atoms with E-state index < -0.39 is 0 Å². The fraction of sp³-hybridized carbons (Fsp3) is 0.417. The Bertz CT molecular complexity index is 377. The van der Waals surface area contributed by atoms with Gasteiger partial charge in [-0.3, -0.25) is 4.79 Å². The van der Waals surface area contributed by atoms with E-state index in [4.69, 9.17) is 11.6 Å². The van der Waals surface area contributed by atoms with Crippen molar-refractivity contribution in [3.8, 4) is 0 Å². The summed E-state index contributed by atoms with van der Waals surface area (Å²) in [6, 6.07) is 5.71. The molecule has 3 nitrogen and oxygen atoms in total. The average molecular weight is 241 g/mol. The minimum absolute atomic E-state index is 0.00202. The SMILES string of the molecule is CCC(=O)Nc1ccc(Cl)c(NC(C)C)c1. The summed E-state index contributed by atoms with van der Waals surface area (Å²) in [7, 11) is 0. The number of halogens is 1. The summed E-state index contributed by atoms with van der Waals surface area (Å²) < 4.78 is 0. The van der Waals surface area contributed by atoms with Gasteiger partial charge in [0.1, 0.15) is 0 Å². The van der Waals surface area contributed by atoms with Crippen LogP contribution in [0.2, 0.25) is 5.02 Å². The molecule has 1 aromatic carbocycles. The fourth-order valence-electron chi connectivity index (χ4n) is 1.27. The number of carbonyl (C=O) groups is 1. The van der Waals surface area contributed by atoms with Crippen LogP contribution < -0.4 is 10.6 Å². The molecule has 1 aromatic rings.